The zero-order valence-electron chi connectivity index (χ0n) is 11.2. The number of primary sulfonamides is 1. The lowest BCUT2D eigenvalue weighted by molar-refractivity contribution is 0.598. The first-order valence-corrected chi connectivity index (χ1v) is 7.81. The van der Waals surface area contributed by atoms with E-state index in [9.17, 15) is 12.8 Å². The van der Waals surface area contributed by atoms with Crippen LogP contribution in [0.1, 0.15) is 5.56 Å². The lowest BCUT2D eigenvalue weighted by Crippen LogP contribution is -2.14. The molecule has 5 N–H and O–H groups in total. The number of hydrogen-bond donors (Lipinski definition) is 3. The third-order valence-electron chi connectivity index (χ3n) is 2.95. The standard InChI is InChI=1S/C14H16FN3O2S/c15-11-3-1-2-10(8-11)6-7-18-12-4-5-14(13(16)9-12)21(17,19)20/h1-5,8-9,18H,6-7,16H2,(H2,17,19,20). The zero-order chi connectivity index (χ0) is 15.5. The molecule has 0 radical (unpaired) electrons. The second-order valence-corrected chi connectivity index (χ2v) is 6.13. The second-order valence-electron chi connectivity index (χ2n) is 4.60. The maximum absolute atomic E-state index is 13.0. The summed E-state index contributed by atoms with van der Waals surface area (Å²) in [4.78, 5) is -0.0989. The summed E-state index contributed by atoms with van der Waals surface area (Å²) >= 11 is 0. The lowest BCUT2D eigenvalue weighted by atomic mass is 10.1. The molecule has 0 spiro atoms. The third kappa shape index (κ3) is 4.17. The summed E-state index contributed by atoms with van der Waals surface area (Å²) in [6, 6.07) is 10.8. The quantitative estimate of drug-likeness (QED) is 0.732. The largest absolute Gasteiger partial charge is 0.398 e. The number of nitrogens with two attached hydrogens (primary N) is 2. The van der Waals surface area contributed by atoms with Crippen molar-refractivity contribution in [2.45, 2.75) is 11.3 Å². The first-order valence-electron chi connectivity index (χ1n) is 6.27. The number of rotatable bonds is 5. The highest BCUT2D eigenvalue weighted by atomic mass is 32.2. The van der Waals surface area contributed by atoms with E-state index in [0.717, 1.165) is 5.56 Å². The molecule has 0 saturated carbocycles. The van der Waals surface area contributed by atoms with E-state index in [-0.39, 0.29) is 16.4 Å². The Morgan fingerprint density at radius 2 is 1.90 bits per heavy atom. The van der Waals surface area contributed by atoms with Gasteiger partial charge in [0, 0.05) is 12.2 Å². The van der Waals surface area contributed by atoms with Gasteiger partial charge in [0.15, 0.2) is 0 Å². The van der Waals surface area contributed by atoms with Gasteiger partial charge >= 0.3 is 0 Å². The van der Waals surface area contributed by atoms with E-state index >= 15 is 0 Å². The summed E-state index contributed by atoms with van der Waals surface area (Å²) < 4.78 is 35.5. The van der Waals surface area contributed by atoms with Gasteiger partial charge in [0.2, 0.25) is 10.0 Å². The van der Waals surface area contributed by atoms with Crippen molar-refractivity contribution in [2.75, 3.05) is 17.6 Å². The topological polar surface area (TPSA) is 98.2 Å². The van der Waals surface area contributed by atoms with Crippen LogP contribution in [-0.2, 0) is 16.4 Å². The number of nitrogens with one attached hydrogen (secondary N) is 1. The Hall–Kier alpha value is -2.12. The normalized spacial score (nSPS) is 11.3. The van der Waals surface area contributed by atoms with E-state index in [1.165, 1.54) is 24.3 Å². The highest BCUT2D eigenvalue weighted by molar-refractivity contribution is 7.89. The summed E-state index contributed by atoms with van der Waals surface area (Å²) in [7, 11) is -3.81. The third-order valence-corrected chi connectivity index (χ3v) is 3.93. The molecule has 0 aromatic heterocycles. The molecule has 0 amide bonds. The van der Waals surface area contributed by atoms with Gasteiger partial charge in [-0.3, -0.25) is 0 Å². The van der Waals surface area contributed by atoms with Crippen LogP contribution in [0.3, 0.4) is 0 Å². The summed E-state index contributed by atoms with van der Waals surface area (Å²) in [6.45, 7) is 0.567. The molecule has 0 aliphatic heterocycles. The van der Waals surface area contributed by atoms with Gasteiger partial charge in [-0.15, -0.1) is 0 Å². The average molecular weight is 309 g/mol. The maximum Gasteiger partial charge on any atom is 0.240 e. The van der Waals surface area contributed by atoms with Crippen LogP contribution in [0.25, 0.3) is 0 Å². The van der Waals surface area contributed by atoms with Crippen molar-refractivity contribution >= 4 is 21.4 Å². The predicted octanol–water partition coefficient (Wildman–Crippen LogP) is 1.71. The fraction of sp³-hybridized carbons (Fsp3) is 0.143. The van der Waals surface area contributed by atoms with Gasteiger partial charge in [0.05, 0.1) is 5.69 Å². The van der Waals surface area contributed by atoms with Gasteiger partial charge < -0.3 is 11.1 Å². The van der Waals surface area contributed by atoms with E-state index in [1.807, 2.05) is 6.07 Å². The van der Waals surface area contributed by atoms with Crippen LogP contribution >= 0.6 is 0 Å². The number of nitrogen functional groups attached to an aromatic ring is 1. The summed E-state index contributed by atoms with van der Waals surface area (Å²) in [5.41, 5.74) is 7.30. The minimum Gasteiger partial charge on any atom is -0.398 e. The molecule has 2 rings (SSSR count). The molecule has 0 saturated heterocycles. The molecule has 0 unspecified atom stereocenters. The van der Waals surface area contributed by atoms with Crippen LogP contribution in [-0.4, -0.2) is 15.0 Å². The Labute approximate surface area is 122 Å². The predicted molar refractivity (Wildman–Crippen MR) is 80.8 cm³/mol. The summed E-state index contributed by atoms with van der Waals surface area (Å²) in [5.74, 6) is -0.269. The molecule has 0 atom stereocenters. The molecule has 0 aliphatic carbocycles. The van der Waals surface area contributed by atoms with Gasteiger partial charge in [-0.1, -0.05) is 12.1 Å². The molecule has 0 bridgehead atoms. The van der Waals surface area contributed by atoms with Crippen molar-refractivity contribution in [3.8, 4) is 0 Å². The Morgan fingerprint density at radius 3 is 2.52 bits per heavy atom. The minimum absolute atomic E-state index is 0.0910. The molecule has 112 valence electrons. The molecule has 5 nitrogen and oxygen atoms in total. The van der Waals surface area contributed by atoms with Crippen molar-refractivity contribution < 1.29 is 12.8 Å². The van der Waals surface area contributed by atoms with E-state index in [4.69, 9.17) is 10.9 Å². The van der Waals surface area contributed by atoms with Crippen molar-refractivity contribution in [1.82, 2.24) is 0 Å². The minimum atomic E-state index is -3.81. The Morgan fingerprint density at radius 1 is 1.14 bits per heavy atom. The zero-order valence-corrected chi connectivity index (χ0v) is 12.0. The molecular formula is C14H16FN3O2S. The Bertz CT molecular complexity index is 748. The van der Waals surface area contributed by atoms with Gasteiger partial charge in [0.1, 0.15) is 10.7 Å². The number of halogens is 1. The molecule has 2 aromatic carbocycles. The van der Waals surface area contributed by atoms with Crippen molar-refractivity contribution in [3.63, 3.8) is 0 Å². The average Bonchev–Trinajstić information content (AvgIpc) is 2.37. The van der Waals surface area contributed by atoms with Gasteiger partial charge in [-0.25, -0.2) is 17.9 Å². The van der Waals surface area contributed by atoms with E-state index in [1.54, 1.807) is 12.1 Å². The van der Waals surface area contributed by atoms with Crippen LogP contribution < -0.4 is 16.2 Å². The number of benzene rings is 2. The molecule has 2 aromatic rings. The van der Waals surface area contributed by atoms with Crippen molar-refractivity contribution in [2.24, 2.45) is 5.14 Å². The van der Waals surface area contributed by atoms with Crippen LogP contribution in [0.15, 0.2) is 47.4 Å². The van der Waals surface area contributed by atoms with Gasteiger partial charge in [-0.05, 0) is 42.3 Å². The monoisotopic (exact) mass is 309 g/mol. The highest BCUT2D eigenvalue weighted by Crippen LogP contribution is 2.21. The van der Waals surface area contributed by atoms with Crippen molar-refractivity contribution in [3.05, 3.63) is 53.8 Å². The molecule has 7 heteroatoms. The fourth-order valence-corrected chi connectivity index (χ4v) is 2.61. The second kappa shape index (κ2) is 6.11. The number of anilines is 2. The first-order chi connectivity index (χ1) is 9.86. The van der Waals surface area contributed by atoms with Gasteiger partial charge in [0.25, 0.3) is 0 Å². The first kappa shape index (κ1) is 15.3. The van der Waals surface area contributed by atoms with Crippen LogP contribution in [0, 0.1) is 5.82 Å². The van der Waals surface area contributed by atoms with E-state index < -0.39 is 10.0 Å². The molecule has 21 heavy (non-hydrogen) atoms. The van der Waals surface area contributed by atoms with Crippen LogP contribution in [0.5, 0.6) is 0 Å². The molecule has 0 aliphatic rings. The summed E-state index contributed by atoms with van der Waals surface area (Å²) in [6.07, 6.45) is 0.634. The Kier molecular flexibility index (Phi) is 4.44. The number of sulfonamides is 1. The van der Waals surface area contributed by atoms with E-state index in [0.29, 0.717) is 18.7 Å². The van der Waals surface area contributed by atoms with Crippen LogP contribution in [0.2, 0.25) is 0 Å². The smallest absolute Gasteiger partial charge is 0.240 e. The Balaban J connectivity index is 2.00. The molecule has 0 fully saturated rings. The number of hydrogen-bond acceptors (Lipinski definition) is 4. The van der Waals surface area contributed by atoms with Crippen molar-refractivity contribution in [1.29, 1.82) is 0 Å². The van der Waals surface area contributed by atoms with Crippen LogP contribution in [0.4, 0.5) is 15.8 Å². The molecule has 0 heterocycles. The van der Waals surface area contributed by atoms with E-state index in [2.05, 4.69) is 5.32 Å². The van der Waals surface area contributed by atoms with Gasteiger partial charge in [-0.2, -0.15) is 0 Å². The molecular weight excluding hydrogens is 293 g/mol. The fourth-order valence-electron chi connectivity index (χ4n) is 1.96. The maximum atomic E-state index is 13.0. The summed E-state index contributed by atoms with van der Waals surface area (Å²) in [5, 5.41) is 8.13. The lowest BCUT2D eigenvalue weighted by Gasteiger charge is -2.09. The SMILES string of the molecule is Nc1cc(NCCc2cccc(F)c2)ccc1S(N)(=O)=O. The highest BCUT2D eigenvalue weighted by Gasteiger charge is 2.12.